The summed E-state index contributed by atoms with van der Waals surface area (Å²) < 4.78 is 0.988. The van der Waals surface area contributed by atoms with E-state index in [1.54, 1.807) is 6.07 Å². The number of nitrogens with one attached hydrogen (secondary N) is 2. The van der Waals surface area contributed by atoms with Crippen molar-refractivity contribution < 1.29 is 19.8 Å². The van der Waals surface area contributed by atoms with E-state index in [0.717, 1.165) is 23.2 Å². The lowest BCUT2D eigenvalue weighted by atomic mass is 10.1. The van der Waals surface area contributed by atoms with Gasteiger partial charge < -0.3 is 20.5 Å². The van der Waals surface area contributed by atoms with E-state index in [0.29, 0.717) is 0 Å². The van der Waals surface area contributed by atoms with Gasteiger partial charge in [0.25, 0.3) is 0 Å². The summed E-state index contributed by atoms with van der Waals surface area (Å²) >= 11 is 1.53. The van der Waals surface area contributed by atoms with Crippen molar-refractivity contribution in [2.45, 2.75) is 12.5 Å². The van der Waals surface area contributed by atoms with Crippen LogP contribution in [-0.2, 0) is 4.79 Å². The number of carbonyl (C=O) groups is 2. The summed E-state index contributed by atoms with van der Waals surface area (Å²) in [7, 11) is 0. The summed E-state index contributed by atoms with van der Waals surface area (Å²) in [6, 6.07) is 3.26. The molecule has 6 nitrogen and oxygen atoms in total. The summed E-state index contributed by atoms with van der Waals surface area (Å²) in [5.74, 6) is -1.64. The first kappa shape index (κ1) is 12.6. The SMILES string of the molecule is O=C(O)C1CCN1.O=C(O)c1cc2sccc2[nH]1. The van der Waals surface area contributed by atoms with E-state index in [2.05, 4.69) is 10.3 Å². The predicted octanol–water partition coefficient (Wildman–Crippen LogP) is 1.36. The standard InChI is InChI=1S/C7H5NO2S.C4H7NO2/c9-7(10)5-3-6-4(8-5)1-2-11-6;6-4(7)3-1-2-5-3/h1-3,8H,(H,9,10);3,5H,1-2H2,(H,6,7). The Morgan fingerprint density at radius 2 is 2.11 bits per heavy atom. The Bertz CT molecular complexity index is 542. The minimum absolute atomic E-state index is 0.250. The summed E-state index contributed by atoms with van der Waals surface area (Å²) in [5.41, 5.74) is 1.15. The molecule has 1 atom stereocenters. The van der Waals surface area contributed by atoms with E-state index >= 15 is 0 Å². The number of fused-ring (bicyclic) bond motifs is 1. The first-order valence-electron chi connectivity index (χ1n) is 5.33. The Morgan fingerprint density at radius 1 is 1.39 bits per heavy atom. The quantitative estimate of drug-likeness (QED) is 0.658. The minimum atomic E-state index is -0.909. The first-order chi connectivity index (χ1) is 8.58. The molecule has 4 N–H and O–H groups in total. The highest BCUT2D eigenvalue weighted by Crippen LogP contribution is 2.20. The van der Waals surface area contributed by atoms with Gasteiger partial charge in [-0.05, 0) is 30.5 Å². The van der Waals surface area contributed by atoms with Gasteiger partial charge in [0.2, 0.25) is 0 Å². The lowest BCUT2D eigenvalue weighted by molar-refractivity contribution is -0.141. The Labute approximate surface area is 106 Å². The molecule has 0 aromatic carbocycles. The second-order valence-electron chi connectivity index (χ2n) is 3.82. The fourth-order valence-electron chi connectivity index (χ4n) is 1.46. The van der Waals surface area contributed by atoms with Gasteiger partial charge in [0, 0.05) is 0 Å². The van der Waals surface area contributed by atoms with E-state index in [-0.39, 0.29) is 11.7 Å². The molecule has 0 aliphatic carbocycles. The van der Waals surface area contributed by atoms with Gasteiger partial charge in [0.1, 0.15) is 11.7 Å². The molecule has 3 rings (SSSR count). The van der Waals surface area contributed by atoms with Gasteiger partial charge >= 0.3 is 11.9 Å². The van der Waals surface area contributed by atoms with Crippen molar-refractivity contribution in [3.05, 3.63) is 23.2 Å². The summed E-state index contributed by atoms with van der Waals surface area (Å²) in [5, 5.41) is 21.4. The summed E-state index contributed by atoms with van der Waals surface area (Å²) in [6.45, 7) is 0.858. The number of rotatable bonds is 2. The second-order valence-corrected chi connectivity index (χ2v) is 4.77. The molecule has 0 spiro atoms. The van der Waals surface area contributed by atoms with Crippen LogP contribution in [0.4, 0.5) is 0 Å². The molecule has 1 saturated heterocycles. The van der Waals surface area contributed by atoms with Crippen molar-refractivity contribution in [1.82, 2.24) is 10.3 Å². The van der Waals surface area contributed by atoms with Crippen LogP contribution in [0.2, 0.25) is 0 Å². The number of aromatic amines is 1. The first-order valence-corrected chi connectivity index (χ1v) is 6.21. The number of carboxylic acids is 2. The maximum atomic E-state index is 10.4. The molecule has 1 unspecified atom stereocenters. The van der Waals surface area contributed by atoms with Crippen LogP contribution in [0.25, 0.3) is 10.2 Å². The van der Waals surface area contributed by atoms with Crippen molar-refractivity contribution in [2.24, 2.45) is 0 Å². The van der Waals surface area contributed by atoms with E-state index in [1.807, 2.05) is 11.4 Å². The number of aromatic carboxylic acids is 1. The smallest absolute Gasteiger partial charge is 0.352 e. The molecule has 1 aliphatic rings. The van der Waals surface area contributed by atoms with E-state index in [9.17, 15) is 9.59 Å². The highest BCUT2D eigenvalue weighted by Gasteiger charge is 2.22. The number of aliphatic carboxylic acids is 1. The molecule has 2 aromatic rings. The lowest BCUT2D eigenvalue weighted by Gasteiger charge is -2.22. The predicted molar refractivity (Wildman–Crippen MR) is 67.2 cm³/mol. The second kappa shape index (κ2) is 5.19. The van der Waals surface area contributed by atoms with Gasteiger partial charge in [-0.3, -0.25) is 4.79 Å². The van der Waals surface area contributed by atoms with Crippen LogP contribution < -0.4 is 5.32 Å². The Balaban J connectivity index is 0.000000149. The fourth-order valence-corrected chi connectivity index (χ4v) is 2.25. The summed E-state index contributed by atoms with van der Waals surface area (Å²) in [6.07, 6.45) is 0.787. The lowest BCUT2D eigenvalue weighted by Crippen LogP contribution is -2.48. The van der Waals surface area contributed by atoms with Crippen molar-refractivity contribution in [3.63, 3.8) is 0 Å². The molecule has 0 saturated carbocycles. The topological polar surface area (TPSA) is 102 Å². The zero-order chi connectivity index (χ0) is 13.1. The molecule has 96 valence electrons. The molecular weight excluding hydrogens is 256 g/mol. The number of thiophene rings is 1. The van der Waals surface area contributed by atoms with Crippen LogP contribution >= 0.6 is 11.3 Å². The fraction of sp³-hybridized carbons (Fsp3) is 0.273. The van der Waals surface area contributed by atoms with E-state index in [4.69, 9.17) is 10.2 Å². The number of hydrogen-bond donors (Lipinski definition) is 4. The molecule has 1 fully saturated rings. The van der Waals surface area contributed by atoms with Gasteiger partial charge in [-0.25, -0.2) is 4.79 Å². The van der Waals surface area contributed by atoms with Gasteiger partial charge in [0.15, 0.2) is 0 Å². The molecule has 0 amide bonds. The van der Waals surface area contributed by atoms with E-state index < -0.39 is 11.9 Å². The Morgan fingerprint density at radius 3 is 2.50 bits per heavy atom. The maximum absolute atomic E-state index is 10.4. The van der Waals surface area contributed by atoms with Crippen LogP contribution in [0.3, 0.4) is 0 Å². The molecular formula is C11H12N2O4S. The zero-order valence-electron chi connectivity index (χ0n) is 9.34. The molecule has 7 heteroatoms. The Kier molecular flexibility index (Phi) is 3.63. The average Bonchev–Trinajstić information content (AvgIpc) is 2.72. The third-order valence-electron chi connectivity index (χ3n) is 2.59. The van der Waals surface area contributed by atoms with Gasteiger partial charge in [-0.2, -0.15) is 0 Å². The maximum Gasteiger partial charge on any atom is 0.352 e. The van der Waals surface area contributed by atoms with Crippen molar-refractivity contribution in [1.29, 1.82) is 0 Å². The third kappa shape index (κ3) is 2.69. The number of carboxylic acid groups (broad SMARTS) is 2. The van der Waals surface area contributed by atoms with Crippen LogP contribution in [0.15, 0.2) is 17.5 Å². The number of aromatic nitrogens is 1. The zero-order valence-corrected chi connectivity index (χ0v) is 10.2. The number of H-pyrrole nitrogens is 1. The molecule has 3 heterocycles. The minimum Gasteiger partial charge on any atom is -0.480 e. The van der Waals surface area contributed by atoms with Crippen LogP contribution in [-0.4, -0.2) is 39.7 Å². The van der Waals surface area contributed by atoms with Gasteiger partial charge in [-0.15, -0.1) is 11.3 Å². The molecule has 2 aromatic heterocycles. The monoisotopic (exact) mass is 268 g/mol. The molecule has 18 heavy (non-hydrogen) atoms. The van der Waals surface area contributed by atoms with Crippen LogP contribution in [0, 0.1) is 0 Å². The molecule has 0 bridgehead atoms. The number of hydrogen-bond acceptors (Lipinski definition) is 4. The van der Waals surface area contributed by atoms with Gasteiger partial charge in [-0.1, -0.05) is 0 Å². The highest BCUT2D eigenvalue weighted by atomic mass is 32.1. The van der Waals surface area contributed by atoms with Crippen molar-refractivity contribution in [2.75, 3.05) is 6.54 Å². The third-order valence-corrected chi connectivity index (χ3v) is 3.46. The van der Waals surface area contributed by atoms with Crippen molar-refractivity contribution in [3.8, 4) is 0 Å². The molecule has 0 radical (unpaired) electrons. The summed E-state index contributed by atoms with van der Waals surface area (Å²) in [4.78, 5) is 23.1. The normalized spacial score (nSPS) is 17.7. The van der Waals surface area contributed by atoms with Crippen LogP contribution in [0.1, 0.15) is 16.9 Å². The van der Waals surface area contributed by atoms with Gasteiger partial charge in [0.05, 0.1) is 10.2 Å². The largest absolute Gasteiger partial charge is 0.480 e. The molecule has 1 aliphatic heterocycles. The van der Waals surface area contributed by atoms with Crippen LogP contribution in [0.5, 0.6) is 0 Å². The van der Waals surface area contributed by atoms with Crippen molar-refractivity contribution >= 4 is 33.5 Å². The Hall–Kier alpha value is -1.86. The van der Waals surface area contributed by atoms with E-state index in [1.165, 1.54) is 11.3 Å². The highest BCUT2D eigenvalue weighted by molar-refractivity contribution is 7.17. The average molecular weight is 268 g/mol.